The Bertz CT molecular complexity index is 1220. The number of carbonyl (C=O) groups is 1. The van der Waals surface area contributed by atoms with Crippen LogP contribution >= 0.6 is 11.3 Å². The van der Waals surface area contributed by atoms with E-state index in [1.54, 1.807) is 0 Å². The summed E-state index contributed by atoms with van der Waals surface area (Å²) in [7, 11) is 0. The summed E-state index contributed by atoms with van der Waals surface area (Å²) in [6, 6.07) is 13.5. The van der Waals surface area contributed by atoms with Crippen LogP contribution in [0.1, 0.15) is 17.5 Å². The number of hydrogen-bond donors (Lipinski definition) is 3. The predicted octanol–water partition coefficient (Wildman–Crippen LogP) is 5.07. The van der Waals surface area contributed by atoms with Crippen LogP contribution in [0.3, 0.4) is 0 Å². The van der Waals surface area contributed by atoms with Crippen LogP contribution in [0.5, 0.6) is 0 Å². The van der Waals surface area contributed by atoms with Gasteiger partial charge in [0.05, 0.1) is 5.39 Å². The van der Waals surface area contributed by atoms with Gasteiger partial charge in [0.15, 0.2) is 0 Å². The second-order valence-electron chi connectivity index (χ2n) is 7.08. The van der Waals surface area contributed by atoms with Crippen molar-refractivity contribution >= 4 is 44.8 Å². The van der Waals surface area contributed by atoms with E-state index in [2.05, 4.69) is 32.7 Å². The average molecular weight is 401 g/mol. The molecule has 6 nitrogen and oxygen atoms in total. The number of urea groups is 1. The summed E-state index contributed by atoms with van der Waals surface area (Å²) in [4.78, 5) is 21.6. The molecular formula is C22H19N5OS. The fourth-order valence-electron chi connectivity index (χ4n) is 3.79. The van der Waals surface area contributed by atoms with Crippen molar-refractivity contribution in [3.63, 3.8) is 0 Å². The molecule has 0 bridgehead atoms. The van der Waals surface area contributed by atoms with Gasteiger partial charge in [-0.1, -0.05) is 18.2 Å². The molecule has 0 fully saturated rings. The van der Waals surface area contributed by atoms with Crippen molar-refractivity contribution in [3.05, 3.63) is 65.3 Å². The van der Waals surface area contributed by atoms with E-state index in [0.717, 1.165) is 45.6 Å². The van der Waals surface area contributed by atoms with E-state index in [1.165, 1.54) is 35.2 Å². The molecule has 0 saturated heterocycles. The van der Waals surface area contributed by atoms with E-state index in [4.69, 9.17) is 5.73 Å². The highest BCUT2D eigenvalue weighted by Crippen LogP contribution is 2.35. The van der Waals surface area contributed by atoms with Crippen LogP contribution in [0.25, 0.3) is 21.3 Å². The molecular weight excluding hydrogens is 382 g/mol. The molecule has 4 aromatic rings. The van der Waals surface area contributed by atoms with E-state index in [0.29, 0.717) is 5.82 Å². The molecule has 0 aliphatic heterocycles. The minimum atomic E-state index is -0.255. The Morgan fingerprint density at radius 2 is 1.72 bits per heavy atom. The highest BCUT2D eigenvalue weighted by molar-refractivity contribution is 7.17. The highest BCUT2D eigenvalue weighted by atomic mass is 32.1. The Labute approximate surface area is 171 Å². The number of nitrogens with two attached hydrogens (primary N) is 1. The third kappa shape index (κ3) is 3.40. The molecule has 1 aliphatic carbocycles. The zero-order valence-electron chi connectivity index (χ0n) is 15.6. The molecule has 2 aromatic carbocycles. The number of nitrogen functional groups attached to an aromatic ring is 1. The SMILES string of the molecule is Nc1ncnc2scc(-c3ccc(NC(=O)Nc4ccc5c(c4)CCC5)cc3)c12. The maximum Gasteiger partial charge on any atom is 0.323 e. The quantitative estimate of drug-likeness (QED) is 0.447. The van der Waals surface area contributed by atoms with Crippen LogP contribution in [0, 0.1) is 0 Å². The number of nitrogens with one attached hydrogen (secondary N) is 2. The number of benzene rings is 2. The molecule has 0 radical (unpaired) electrons. The summed E-state index contributed by atoms with van der Waals surface area (Å²) < 4.78 is 0. The number of anilines is 3. The number of aryl methyl sites for hydroxylation is 2. The second kappa shape index (κ2) is 7.18. The third-order valence-electron chi connectivity index (χ3n) is 5.21. The van der Waals surface area contributed by atoms with Crippen molar-refractivity contribution in [3.8, 4) is 11.1 Å². The van der Waals surface area contributed by atoms with Gasteiger partial charge < -0.3 is 16.4 Å². The lowest BCUT2D eigenvalue weighted by Gasteiger charge is -2.10. The number of amides is 2. The summed E-state index contributed by atoms with van der Waals surface area (Å²) in [5.41, 5.74) is 12.3. The Morgan fingerprint density at radius 3 is 2.59 bits per heavy atom. The van der Waals surface area contributed by atoms with Gasteiger partial charge in [-0.25, -0.2) is 14.8 Å². The molecule has 1 aliphatic rings. The van der Waals surface area contributed by atoms with Crippen LogP contribution in [-0.2, 0) is 12.8 Å². The molecule has 4 N–H and O–H groups in total. The van der Waals surface area contributed by atoms with Gasteiger partial charge >= 0.3 is 6.03 Å². The van der Waals surface area contributed by atoms with Gasteiger partial charge in [0.2, 0.25) is 0 Å². The number of thiophene rings is 1. The van der Waals surface area contributed by atoms with E-state index in [-0.39, 0.29) is 6.03 Å². The normalized spacial score (nSPS) is 12.7. The lowest BCUT2D eigenvalue weighted by molar-refractivity contribution is 0.262. The lowest BCUT2D eigenvalue weighted by Crippen LogP contribution is -2.19. The number of nitrogens with zero attached hydrogens (tertiary/aromatic N) is 2. The Morgan fingerprint density at radius 1 is 0.966 bits per heavy atom. The van der Waals surface area contributed by atoms with Crippen LogP contribution in [-0.4, -0.2) is 16.0 Å². The molecule has 0 spiro atoms. The molecule has 0 saturated carbocycles. The van der Waals surface area contributed by atoms with Gasteiger partial charge in [-0.3, -0.25) is 0 Å². The van der Waals surface area contributed by atoms with Gasteiger partial charge in [0, 0.05) is 22.3 Å². The smallest absolute Gasteiger partial charge is 0.323 e. The minimum Gasteiger partial charge on any atom is -0.383 e. The van der Waals surface area contributed by atoms with Gasteiger partial charge in [-0.2, -0.15) is 0 Å². The molecule has 2 amide bonds. The van der Waals surface area contributed by atoms with Crippen LogP contribution < -0.4 is 16.4 Å². The van der Waals surface area contributed by atoms with E-state index in [1.807, 2.05) is 35.7 Å². The van der Waals surface area contributed by atoms with Crippen molar-refractivity contribution in [2.75, 3.05) is 16.4 Å². The van der Waals surface area contributed by atoms with E-state index in [9.17, 15) is 4.79 Å². The van der Waals surface area contributed by atoms with Crippen molar-refractivity contribution < 1.29 is 4.79 Å². The second-order valence-corrected chi connectivity index (χ2v) is 7.94. The van der Waals surface area contributed by atoms with Crippen molar-refractivity contribution in [2.45, 2.75) is 19.3 Å². The first-order valence-electron chi connectivity index (χ1n) is 9.45. The molecule has 2 heterocycles. The fraction of sp³-hybridized carbons (Fsp3) is 0.136. The summed E-state index contributed by atoms with van der Waals surface area (Å²) in [5, 5.41) is 8.69. The average Bonchev–Trinajstić information content (AvgIpc) is 3.36. The number of rotatable bonds is 3. The molecule has 7 heteroatoms. The first-order chi connectivity index (χ1) is 14.2. The van der Waals surface area contributed by atoms with E-state index < -0.39 is 0 Å². The summed E-state index contributed by atoms with van der Waals surface area (Å²) >= 11 is 1.54. The van der Waals surface area contributed by atoms with Crippen molar-refractivity contribution in [1.82, 2.24) is 9.97 Å². The Balaban J connectivity index is 1.31. The van der Waals surface area contributed by atoms with E-state index >= 15 is 0 Å². The maximum absolute atomic E-state index is 12.4. The first-order valence-corrected chi connectivity index (χ1v) is 10.3. The van der Waals surface area contributed by atoms with Crippen molar-refractivity contribution in [1.29, 1.82) is 0 Å². The molecule has 144 valence electrons. The predicted molar refractivity (Wildman–Crippen MR) is 118 cm³/mol. The maximum atomic E-state index is 12.4. The molecule has 0 unspecified atom stereocenters. The standard InChI is InChI=1S/C22H19N5OS/c23-20-19-18(11-29-21(19)25-12-24-20)14-5-7-16(8-6-14)26-22(28)27-17-9-4-13-2-1-3-15(13)10-17/h4-12H,1-3H2,(H2,23,24,25)(H2,26,27,28). The van der Waals surface area contributed by atoms with Gasteiger partial charge in [-0.05, 0) is 60.2 Å². The third-order valence-corrected chi connectivity index (χ3v) is 6.10. The monoisotopic (exact) mass is 401 g/mol. The Kier molecular flexibility index (Phi) is 4.37. The van der Waals surface area contributed by atoms with Crippen molar-refractivity contribution in [2.24, 2.45) is 0 Å². The van der Waals surface area contributed by atoms with Crippen LogP contribution in [0.4, 0.5) is 22.0 Å². The van der Waals surface area contributed by atoms with Gasteiger partial charge in [0.25, 0.3) is 0 Å². The topological polar surface area (TPSA) is 92.9 Å². The fourth-order valence-corrected chi connectivity index (χ4v) is 4.71. The minimum absolute atomic E-state index is 0.255. The summed E-state index contributed by atoms with van der Waals surface area (Å²) in [6.45, 7) is 0. The number of aromatic nitrogens is 2. The lowest BCUT2D eigenvalue weighted by atomic mass is 10.1. The van der Waals surface area contributed by atoms with Crippen LogP contribution in [0.15, 0.2) is 54.2 Å². The number of carbonyl (C=O) groups excluding carboxylic acids is 1. The largest absolute Gasteiger partial charge is 0.383 e. The highest BCUT2D eigenvalue weighted by Gasteiger charge is 2.13. The zero-order valence-corrected chi connectivity index (χ0v) is 16.4. The molecule has 29 heavy (non-hydrogen) atoms. The van der Waals surface area contributed by atoms with Crippen LogP contribution in [0.2, 0.25) is 0 Å². The number of fused-ring (bicyclic) bond motifs is 2. The first kappa shape index (κ1) is 17.6. The van der Waals surface area contributed by atoms with Gasteiger partial charge in [0.1, 0.15) is 17.0 Å². The summed E-state index contributed by atoms with van der Waals surface area (Å²) in [5.74, 6) is 0.474. The number of hydrogen-bond acceptors (Lipinski definition) is 5. The Hall–Kier alpha value is -3.45. The molecule has 2 aromatic heterocycles. The molecule has 5 rings (SSSR count). The zero-order chi connectivity index (χ0) is 19.8. The summed E-state index contributed by atoms with van der Waals surface area (Å²) in [6.07, 6.45) is 4.88. The molecule has 0 atom stereocenters. The van der Waals surface area contributed by atoms with Gasteiger partial charge in [-0.15, -0.1) is 11.3 Å².